The number of pyridine rings is 1. The molecule has 0 amide bonds. The first-order valence-corrected chi connectivity index (χ1v) is 7.11. The van der Waals surface area contributed by atoms with Gasteiger partial charge in [0.05, 0.1) is 9.90 Å². The molecule has 0 spiro atoms. The summed E-state index contributed by atoms with van der Waals surface area (Å²) in [5.74, 6) is 1.89. The van der Waals surface area contributed by atoms with Crippen molar-refractivity contribution in [1.29, 1.82) is 0 Å². The van der Waals surface area contributed by atoms with Crippen LogP contribution in [0.4, 0.5) is 5.82 Å². The first-order valence-electron chi connectivity index (χ1n) is 5.24. The molecule has 4 heteroatoms. The van der Waals surface area contributed by atoms with Crippen LogP contribution in [0.3, 0.4) is 0 Å². The molecular formula is C12H14N2S2. The third-order valence-electron chi connectivity index (χ3n) is 2.02. The van der Waals surface area contributed by atoms with E-state index in [2.05, 4.69) is 46.9 Å². The maximum Gasteiger partial charge on any atom is 0.126 e. The standard InChI is InChI=1S/C12H14N2S2/c1-2-13-11-6-3-5-10(14-11)9-16-12-7-4-8-15-12/h3-8H,2,9H2,1H3,(H,13,14). The Morgan fingerprint density at radius 1 is 1.31 bits per heavy atom. The number of hydrogen-bond donors (Lipinski definition) is 1. The lowest BCUT2D eigenvalue weighted by Crippen LogP contribution is -2.00. The molecule has 2 aromatic rings. The molecule has 0 atom stereocenters. The average Bonchev–Trinajstić information content (AvgIpc) is 2.80. The van der Waals surface area contributed by atoms with Crippen molar-refractivity contribution >= 4 is 28.9 Å². The van der Waals surface area contributed by atoms with Gasteiger partial charge in [0, 0.05) is 12.3 Å². The van der Waals surface area contributed by atoms with Crippen molar-refractivity contribution in [3.8, 4) is 0 Å². The summed E-state index contributed by atoms with van der Waals surface area (Å²) in [5, 5.41) is 5.33. The van der Waals surface area contributed by atoms with Crippen LogP contribution in [0, 0.1) is 0 Å². The van der Waals surface area contributed by atoms with Crippen molar-refractivity contribution in [2.75, 3.05) is 11.9 Å². The number of aromatic nitrogens is 1. The smallest absolute Gasteiger partial charge is 0.126 e. The van der Waals surface area contributed by atoms with E-state index in [9.17, 15) is 0 Å². The van der Waals surface area contributed by atoms with E-state index in [4.69, 9.17) is 0 Å². The summed E-state index contributed by atoms with van der Waals surface area (Å²) >= 11 is 3.61. The fraction of sp³-hybridized carbons (Fsp3) is 0.250. The fourth-order valence-corrected chi connectivity index (χ4v) is 3.02. The Hall–Kier alpha value is -1.00. The van der Waals surface area contributed by atoms with Crippen molar-refractivity contribution in [3.05, 3.63) is 41.4 Å². The minimum Gasteiger partial charge on any atom is -0.370 e. The summed E-state index contributed by atoms with van der Waals surface area (Å²) < 4.78 is 1.34. The Bertz CT molecular complexity index is 426. The van der Waals surface area contributed by atoms with Crippen LogP contribution in [0.15, 0.2) is 39.9 Å². The predicted molar refractivity (Wildman–Crippen MR) is 72.3 cm³/mol. The van der Waals surface area contributed by atoms with Gasteiger partial charge in [-0.2, -0.15) is 0 Å². The molecule has 0 saturated heterocycles. The van der Waals surface area contributed by atoms with Gasteiger partial charge in [-0.1, -0.05) is 12.1 Å². The molecule has 0 saturated carbocycles. The van der Waals surface area contributed by atoms with Gasteiger partial charge in [0.15, 0.2) is 0 Å². The lowest BCUT2D eigenvalue weighted by molar-refractivity contribution is 1.11. The monoisotopic (exact) mass is 250 g/mol. The number of hydrogen-bond acceptors (Lipinski definition) is 4. The summed E-state index contributed by atoms with van der Waals surface area (Å²) in [6.45, 7) is 2.99. The number of nitrogens with one attached hydrogen (secondary N) is 1. The first-order chi connectivity index (χ1) is 7.88. The summed E-state index contributed by atoms with van der Waals surface area (Å²) in [4.78, 5) is 4.53. The van der Waals surface area contributed by atoms with E-state index in [1.807, 2.05) is 17.8 Å². The molecule has 0 aliphatic rings. The molecule has 0 unspecified atom stereocenters. The van der Waals surface area contributed by atoms with Gasteiger partial charge in [-0.25, -0.2) is 4.98 Å². The highest BCUT2D eigenvalue weighted by molar-refractivity contribution is 8.00. The zero-order valence-electron chi connectivity index (χ0n) is 9.14. The highest BCUT2D eigenvalue weighted by Crippen LogP contribution is 2.26. The zero-order chi connectivity index (χ0) is 11.2. The fourth-order valence-electron chi connectivity index (χ4n) is 1.33. The van der Waals surface area contributed by atoms with E-state index >= 15 is 0 Å². The van der Waals surface area contributed by atoms with Gasteiger partial charge in [0.2, 0.25) is 0 Å². The zero-order valence-corrected chi connectivity index (χ0v) is 10.8. The van der Waals surface area contributed by atoms with Crippen LogP contribution in [0.2, 0.25) is 0 Å². The van der Waals surface area contributed by atoms with Crippen LogP contribution in [-0.2, 0) is 5.75 Å². The van der Waals surface area contributed by atoms with E-state index in [0.717, 1.165) is 23.8 Å². The number of anilines is 1. The Labute approximate surface area is 104 Å². The second-order valence-corrected chi connectivity index (χ2v) is 5.49. The van der Waals surface area contributed by atoms with E-state index in [0.29, 0.717) is 0 Å². The summed E-state index contributed by atoms with van der Waals surface area (Å²) in [7, 11) is 0. The maximum atomic E-state index is 4.53. The van der Waals surface area contributed by atoms with Crippen LogP contribution in [-0.4, -0.2) is 11.5 Å². The minimum atomic E-state index is 0.911. The molecule has 0 aliphatic heterocycles. The Kier molecular flexibility index (Phi) is 4.25. The van der Waals surface area contributed by atoms with Crippen LogP contribution in [0.1, 0.15) is 12.6 Å². The van der Waals surface area contributed by atoms with Crippen molar-refractivity contribution in [3.63, 3.8) is 0 Å². The van der Waals surface area contributed by atoms with E-state index in [1.165, 1.54) is 4.21 Å². The highest BCUT2D eigenvalue weighted by Gasteiger charge is 1.99. The van der Waals surface area contributed by atoms with E-state index in [-0.39, 0.29) is 0 Å². The molecule has 0 aliphatic carbocycles. The van der Waals surface area contributed by atoms with E-state index in [1.54, 1.807) is 11.3 Å². The largest absolute Gasteiger partial charge is 0.370 e. The quantitative estimate of drug-likeness (QED) is 0.815. The van der Waals surface area contributed by atoms with Crippen LogP contribution < -0.4 is 5.32 Å². The van der Waals surface area contributed by atoms with Crippen LogP contribution >= 0.6 is 23.1 Å². The highest BCUT2D eigenvalue weighted by atomic mass is 32.2. The van der Waals surface area contributed by atoms with Gasteiger partial charge in [-0.15, -0.1) is 23.1 Å². The van der Waals surface area contributed by atoms with Crippen molar-refractivity contribution in [2.24, 2.45) is 0 Å². The number of rotatable bonds is 5. The van der Waals surface area contributed by atoms with Crippen molar-refractivity contribution in [1.82, 2.24) is 4.98 Å². The summed E-state index contributed by atoms with van der Waals surface area (Å²) in [5.41, 5.74) is 1.12. The van der Waals surface area contributed by atoms with Crippen LogP contribution in [0.5, 0.6) is 0 Å². The van der Waals surface area contributed by atoms with Gasteiger partial charge >= 0.3 is 0 Å². The SMILES string of the molecule is CCNc1cccc(CSc2cccs2)n1. The number of nitrogens with zero attached hydrogens (tertiary/aromatic N) is 1. The lowest BCUT2D eigenvalue weighted by Gasteiger charge is -2.04. The molecule has 1 N–H and O–H groups in total. The summed E-state index contributed by atoms with van der Waals surface area (Å²) in [6.07, 6.45) is 0. The maximum absolute atomic E-state index is 4.53. The first kappa shape index (κ1) is 11.5. The number of thiophene rings is 1. The molecule has 0 bridgehead atoms. The normalized spacial score (nSPS) is 10.3. The van der Waals surface area contributed by atoms with Gasteiger partial charge in [0.1, 0.15) is 5.82 Å². The van der Waals surface area contributed by atoms with Crippen molar-refractivity contribution in [2.45, 2.75) is 16.9 Å². The third-order valence-corrected chi connectivity index (χ3v) is 4.19. The Morgan fingerprint density at radius 2 is 2.25 bits per heavy atom. The molecule has 16 heavy (non-hydrogen) atoms. The molecular weight excluding hydrogens is 236 g/mol. The minimum absolute atomic E-state index is 0.911. The number of thioether (sulfide) groups is 1. The molecule has 2 aromatic heterocycles. The molecule has 84 valence electrons. The Balaban J connectivity index is 1.96. The summed E-state index contributed by atoms with van der Waals surface area (Å²) in [6, 6.07) is 10.3. The third kappa shape index (κ3) is 3.25. The molecule has 2 heterocycles. The molecule has 0 fully saturated rings. The van der Waals surface area contributed by atoms with Crippen molar-refractivity contribution < 1.29 is 0 Å². The van der Waals surface area contributed by atoms with Gasteiger partial charge in [-0.05, 0) is 30.5 Å². The van der Waals surface area contributed by atoms with Gasteiger partial charge in [-0.3, -0.25) is 0 Å². The molecule has 0 radical (unpaired) electrons. The second-order valence-electron chi connectivity index (χ2n) is 3.27. The molecule has 2 rings (SSSR count). The van der Waals surface area contributed by atoms with Gasteiger partial charge in [0.25, 0.3) is 0 Å². The topological polar surface area (TPSA) is 24.9 Å². The second kappa shape index (κ2) is 5.92. The lowest BCUT2D eigenvalue weighted by atomic mass is 10.4. The van der Waals surface area contributed by atoms with E-state index < -0.39 is 0 Å². The molecule has 2 nitrogen and oxygen atoms in total. The average molecular weight is 250 g/mol. The predicted octanol–water partition coefficient (Wildman–Crippen LogP) is 3.87. The van der Waals surface area contributed by atoms with Gasteiger partial charge < -0.3 is 5.32 Å². The Morgan fingerprint density at radius 3 is 3.00 bits per heavy atom. The molecule has 0 aromatic carbocycles. The van der Waals surface area contributed by atoms with Crippen LogP contribution in [0.25, 0.3) is 0 Å².